The van der Waals surface area contributed by atoms with Gasteiger partial charge in [-0.2, -0.15) is 0 Å². The Morgan fingerprint density at radius 1 is 1.50 bits per heavy atom. The van der Waals surface area contributed by atoms with E-state index in [0.717, 1.165) is 0 Å². The van der Waals surface area contributed by atoms with Crippen LogP contribution < -0.4 is 11.1 Å². The van der Waals surface area contributed by atoms with Crippen molar-refractivity contribution in [2.24, 2.45) is 5.73 Å². The highest BCUT2D eigenvalue weighted by Crippen LogP contribution is 2.07. The number of hydrogen-bond acceptors (Lipinski definition) is 3. The van der Waals surface area contributed by atoms with Gasteiger partial charge in [-0.25, -0.2) is 0 Å². The van der Waals surface area contributed by atoms with Gasteiger partial charge < -0.3 is 11.1 Å². The van der Waals surface area contributed by atoms with E-state index in [1.165, 1.54) is 0 Å². The molecule has 0 aromatic heterocycles. The molecule has 0 aliphatic heterocycles. The van der Waals surface area contributed by atoms with Gasteiger partial charge in [0.2, 0.25) is 5.91 Å². The molecule has 4 nitrogen and oxygen atoms in total. The van der Waals surface area contributed by atoms with Crippen LogP contribution in [-0.4, -0.2) is 33.7 Å². The van der Waals surface area contributed by atoms with Crippen LogP contribution in [0.4, 0.5) is 0 Å². The van der Waals surface area contributed by atoms with Crippen molar-refractivity contribution < 1.29 is 9.00 Å². The summed E-state index contributed by atoms with van der Waals surface area (Å²) in [6, 6.07) is 0. The van der Waals surface area contributed by atoms with E-state index < -0.39 is 16.0 Å². The molecule has 5 heteroatoms. The molecule has 0 saturated carbocycles. The van der Waals surface area contributed by atoms with Crippen LogP contribution in [0.5, 0.6) is 0 Å². The molecular formula is C9H20N2O2S. The molecule has 0 aromatic rings. The van der Waals surface area contributed by atoms with Gasteiger partial charge >= 0.3 is 0 Å². The van der Waals surface area contributed by atoms with Crippen LogP contribution in [0, 0.1) is 0 Å². The van der Waals surface area contributed by atoms with Gasteiger partial charge in [-0.1, -0.05) is 6.92 Å². The molecule has 0 aromatic carbocycles. The summed E-state index contributed by atoms with van der Waals surface area (Å²) in [4.78, 5) is 11.4. The summed E-state index contributed by atoms with van der Waals surface area (Å²) in [7, 11) is -1.13. The van der Waals surface area contributed by atoms with Crippen LogP contribution in [0.15, 0.2) is 0 Å². The first-order valence-electron chi connectivity index (χ1n) is 4.91. The Hall–Kier alpha value is -0.420. The Morgan fingerprint density at radius 2 is 2.07 bits per heavy atom. The number of rotatable bonds is 6. The molecule has 3 atom stereocenters. The van der Waals surface area contributed by atoms with Crippen molar-refractivity contribution in [3.05, 3.63) is 0 Å². The van der Waals surface area contributed by atoms with Crippen molar-refractivity contribution in [3.8, 4) is 0 Å². The topological polar surface area (TPSA) is 72.2 Å². The fourth-order valence-corrected chi connectivity index (χ4v) is 2.48. The molecular weight excluding hydrogens is 200 g/mol. The van der Waals surface area contributed by atoms with E-state index in [1.54, 1.807) is 6.92 Å². The predicted octanol–water partition coefficient (Wildman–Crippen LogP) is -0.00300. The summed E-state index contributed by atoms with van der Waals surface area (Å²) in [5, 5.41) is 2.20. The Labute approximate surface area is 88.1 Å². The normalized spacial score (nSPS) is 17.1. The van der Waals surface area contributed by atoms with Crippen LogP contribution >= 0.6 is 0 Å². The van der Waals surface area contributed by atoms with Crippen LogP contribution in [0.1, 0.15) is 27.2 Å². The number of nitrogens with one attached hydrogen (secondary N) is 1. The Bertz CT molecular complexity index is 209. The standard InChI is InChI=1S/C9H20N2O2S/c1-4-11-9(12)8(3)14(13)7(2)5-6-10/h7-8H,4-6,10H2,1-3H3,(H,11,12). The highest BCUT2D eigenvalue weighted by molar-refractivity contribution is 7.87. The number of carbonyl (C=O) groups is 1. The number of hydrogen-bond donors (Lipinski definition) is 2. The molecule has 0 spiro atoms. The zero-order valence-electron chi connectivity index (χ0n) is 9.08. The third kappa shape index (κ3) is 4.19. The lowest BCUT2D eigenvalue weighted by Crippen LogP contribution is -2.38. The summed E-state index contributed by atoms with van der Waals surface area (Å²) in [5.74, 6) is -0.144. The third-order valence-corrected chi connectivity index (χ3v) is 3.98. The lowest BCUT2D eigenvalue weighted by Gasteiger charge is -2.15. The number of nitrogens with two attached hydrogens (primary N) is 1. The van der Waals surface area contributed by atoms with E-state index in [0.29, 0.717) is 19.5 Å². The molecule has 0 fully saturated rings. The maximum atomic E-state index is 11.7. The Kier molecular flexibility index (Phi) is 6.74. The van der Waals surface area contributed by atoms with Crippen LogP contribution in [-0.2, 0) is 15.6 Å². The lowest BCUT2D eigenvalue weighted by molar-refractivity contribution is -0.120. The molecule has 0 heterocycles. The molecule has 0 bridgehead atoms. The molecule has 3 N–H and O–H groups in total. The molecule has 3 unspecified atom stereocenters. The monoisotopic (exact) mass is 220 g/mol. The molecule has 0 rings (SSSR count). The minimum Gasteiger partial charge on any atom is -0.355 e. The van der Waals surface area contributed by atoms with Crippen molar-refractivity contribution in [1.29, 1.82) is 0 Å². The largest absolute Gasteiger partial charge is 0.355 e. The maximum absolute atomic E-state index is 11.7. The average molecular weight is 220 g/mol. The fraction of sp³-hybridized carbons (Fsp3) is 0.889. The second-order valence-corrected chi connectivity index (χ2v) is 5.42. The van der Waals surface area contributed by atoms with Gasteiger partial charge in [0.15, 0.2) is 0 Å². The molecule has 0 aliphatic carbocycles. The first-order chi connectivity index (χ1) is 6.54. The second-order valence-electron chi connectivity index (χ2n) is 3.25. The summed E-state index contributed by atoms with van der Waals surface area (Å²) in [5.41, 5.74) is 5.37. The van der Waals surface area contributed by atoms with E-state index in [9.17, 15) is 9.00 Å². The zero-order valence-corrected chi connectivity index (χ0v) is 9.89. The van der Waals surface area contributed by atoms with Gasteiger partial charge in [0.25, 0.3) is 0 Å². The van der Waals surface area contributed by atoms with E-state index in [4.69, 9.17) is 5.73 Å². The van der Waals surface area contributed by atoms with E-state index in [1.807, 2.05) is 13.8 Å². The number of carbonyl (C=O) groups excluding carboxylic acids is 1. The van der Waals surface area contributed by atoms with Crippen LogP contribution in [0.2, 0.25) is 0 Å². The molecule has 84 valence electrons. The highest BCUT2D eigenvalue weighted by atomic mass is 32.2. The van der Waals surface area contributed by atoms with Gasteiger partial charge in [-0.05, 0) is 26.8 Å². The fourth-order valence-electron chi connectivity index (χ4n) is 1.12. The van der Waals surface area contributed by atoms with E-state index in [2.05, 4.69) is 5.32 Å². The zero-order chi connectivity index (χ0) is 11.1. The van der Waals surface area contributed by atoms with Crippen molar-refractivity contribution in [3.63, 3.8) is 0 Å². The van der Waals surface area contributed by atoms with Gasteiger partial charge in [0.05, 0.1) is 0 Å². The second kappa shape index (κ2) is 6.95. The molecule has 0 radical (unpaired) electrons. The van der Waals surface area contributed by atoms with Gasteiger partial charge in [-0.3, -0.25) is 9.00 Å². The van der Waals surface area contributed by atoms with Gasteiger partial charge in [0.1, 0.15) is 5.25 Å². The number of amides is 1. The highest BCUT2D eigenvalue weighted by Gasteiger charge is 2.23. The van der Waals surface area contributed by atoms with Crippen LogP contribution in [0.3, 0.4) is 0 Å². The predicted molar refractivity (Wildman–Crippen MR) is 59.4 cm³/mol. The SMILES string of the molecule is CCNC(=O)C(C)S(=O)C(C)CCN. The average Bonchev–Trinajstić information content (AvgIpc) is 2.16. The first-order valence-corrected chi connectivity index (χ1v) is 6.19. The Morgan fingerprint density at radius 3 is 2.50 bits per heavy atom. The van der Waals surface area contributed by atoms with Crippen molar-refractivity contribution in [1.82, 2.24) is 5.32 Å². The van der Waals surface area contributed by atoms with Crippen molar-refractivity contribution in [2.75, 3.05) is 13.1 Å². The summed E-state index contributed by atoms with van der Waals surface area (Å²) in [6.45, 7) is 6.48. The molecule has 1 amide bonds. The maximum Gasteiger partial charge on any atom is 0.235 e. The van der Waals surface area contributed by atoms with Crippen molar-refractivity contribution >= 4 is 16.7 Å². The summed E-state index contributed by atoms with van der Waals surface area (Å²) >= 11 is 0. The van der Waals surface area contributed by atoms with E-state index >= 15 is 0 Å². The lowest BCUT2D eigenvalue weighted by atomic mass is 10.3. The van der Waals surface area contributed by atoms with Gasteiger partial charge in [-0.15, -0.1) is 0 Å². The van der Waals surface area contributed by atoms with Gasteiger partial charge in [0, 0.05) is 22.6 Å². The van der Waals surface area contributed by atoms with Crippen molar-refractivity contribution in [2.45, 2.75) is 37.7 Å². The minimum atomic E-state index is -1.13. The quantitative estimate of drug-likeness (QED) is 0.661. The molecule has 0 saturated heterocycles. The minimum absolute atomic E-state index is 0.0161. The summed E-state index contributed by atoms with van der Waals surface area (Å²) in [6.07, 6.45) is 0.691. The summed E-state index contributed by atoms with van der Waals surface area (Å²) < 4.78 is 11.7. The third-order valence-electron chi connectivity index (χ3n) is 2.04. The molecule has 0 aliphatic rings. The first kappa shape index (κ1) is 13.6. The van der Waals surface area contributed by atoms with E-state index in [-0.39, 0.29) is 11.2 Å². The smallest absolute Gasteiger partial charge is 0.235 e. The van der Waals surface area contributed by atoms with Crippen LogP contribution in [0.25, 0.3) is 0 Å². The molecule has 14 heavy (non-hydrogen) atoms. The Balaban J connectivity index is 4.16.